The molecule has 0 saturated carbocycles. The van der Waals surface area contributed by atoms with Crippen LogP contribution in [0.1, 0.15) is 228 Å². The van der Waals surface area contributed by atoms with E-state index >= 15 is 0 Å². The second kappa shape index (κ2) is 42.8. The fourth-order valence-corrected chi connectivity index (χ4v) is 18.2. The highest BCUT2D eigenvalue weighted by Crippen LogP contribution is 2.48. The van der Waals surface area contributed by atoms with Crippen molar-refractivity contribution in [3.63, 3.8) is 0 Å². The molecule has 0 saturated heterocycles. The van der Waals surface area contributed by atoms with E-state index in [0.29, 0.717) is 84.8 Å². The Balaban J connectivity index is 0.000000126. The van der Waals surface area contributed by atoms with Crippen molar-refractivity contribution in [1.82, 2.24) is 41.4 Å². The number of rotatable bonds is 18. The number of Topliss-reactive ketones (excluding diaryl/α,β-unsaturated/α-hetero) is 3. The molecule has 29 heteroatoms. The quantitative estimate of drug-likeness (QED) is 0.0754. The normalized spacial score (nSPS) is 15.3. The molecule has 139 heavy (non-hydrogen) atoms. The maximum atomic E-state index is 13.3. The minimum Gasteiger partial charge on any atom is -0.358 e. The summed E-state index contributed by atoms with van der Waals surface area (Å²) in [4.78, 5) is 92.8. The molecule has 6 aromatic heterocycles. The van der Waals surface area contributed by atoms with Crippen molar-refractivity contribution >= 4 is 110 Å². The molecule has 15 aromatic rings. The Kier molecular flexibility index (Phi) is 29.9. The van der Waals surface area contributed by atoms with Gasteiger partial charge in [-0.05, 0) is 189 Å². The number of aliphatic imine (C=N–C) groups is 5. The summed E-state index contributed by atoms with van der Waals surface area (Å²) in [6.45, 7) is 30.5. The Morgan fingerprint density at radius 1 is 0.353 bits per heavy atom. The molecule has 11 heterocycles. The van der Waals surface area contributed by atoms with Crippen LogP contribution in [-0.2, 0) is 24.0 Å². The number of fused-ring (bicyclic) bond motifs is 15. The highest BCUT2D eigenvalue weighted by atomic mass is 35.5. The van der Waals surface area contributed by atoms with E-state index in [-0.39, 0.29) is 61.3 Å². The van der Waals surface area contributed by atoms with Crippen LogP contribution in [0.15, 0.2) is 266 Å². The van der Waals surface area contributed by atoms with Crippen molar-refractivity contribution in [2.45, 2.75) is 152 Å². The number of amides is 2. The van der Waals surface area contributed by atoms with Gasteiger partial charge in [-0.3, -0.25) is 53.9 Å². The molecule has 0 aliphatic carbocycles. The number of ketones is 3. The molecule has 9 aromatic carbocycles. The molecule has 2 amide bonds. The number of nitrogens with one attached hydrogen (secondary N) is 2. The molecule has 5 aliphatic heterocycles. The van der Waals surface area contributed by atoms with E-state index in [0.717, 1.165) is 175 Å². The second-order valence-corrected chi connectivity index (χ2v) is 36.1. The summed E-state index contributed by atoms with van der Waals surface area (Å²) in [5.41, 5.74) is 28.7. The number of hydrogen-bond acceptors (Lipinski definition) is 21. The topological polar surface area (TPSA) is 319 Å². The van der Waals surface area contributed by atoms with Crippen LogP contribution in [-0.4, -0.2) is 102 Å². The van der Waals surface area contributed by atoms with Crippen molar-refractivity contribution in [3.05, 3.63) is 380 Å². The van der Waals surface area contributed by atoms with Gasteiger partial charge in [-0.1, -0.05) is 230 Å². The van der Waals surface area contributed by atoms with Crippen molar-refractivity contribution in [2.75, 3.05) is 13.1 Å². The van der Waals surface area contributed by atoms with Crippen LogP contribution in [0.4, 0.5) is 10.1 Å². The maximum absolute atomic E-state index is 13.3. The Labute approximate surface area is 822 Å². The van der Waals surface area contributed by atoms with E-state index < -0.39 is 36.0 Å². The lowest BCUT2D eigenvalue weighted by atomic mass is 9.91. The van der Waals surface area contributed by atoms with E-state index in [4.69, 9.17) is 101 Å². The standard InChI is InChI=1S/2C23H22ClN3O2.C22H16ClN3O2.C22H19ClN2O2.C20H16FN3O2/c1-4-25-20(28)12-19-23-21(14(3)27-29-23)17-10-5-13(2)11-18(17)22(26-19)15-6-8-16(24)9-7-15;1-3-12-25-20(28)13-19-23-21(14(2)27-29-23)17-6-4-5-7-18(17)22(26-19)15-8-10-16(24)11-9-15;1-12(27)10-19-22-20(13(2)26-28-22)17-9-6-15(23)11-18(17)21(25-19)14-4-7-16(24-3)8-5-14;1-12-4-9-17-18(10-12)21(15-5-7-16(23)8-6-15)24-19(11-13(2)26)22-20(17)14(3)25-27-22;1-11(25)9-17-20-18(12(2)24-26-20)14-5-3-4-6-15(14)19(23-17)16-8-7-13(21)10-22-16/h5-11,19H,4,12H2,1-3H3,(H,25,28);4-11,19H,3,12-13H2,1-2H3,(H,25,28);4-9,11,19H,10H2,1-2H3;4-10,19H,11H2,1-3H3;3-8,10,17H,9H2,1-2H3/t4*19-;17-/m00000/s1. The van der Waals surface area contributed by atoms with Crippen LogP contribution in [0, 0.1) is 60.9 Å². The van der Waals surface area contributed by atoms with E-state index in [2.05, 4.69) is 96.5 Å². The second-order valence-electron chi connectivity index (χ2n) is 34.4. The molecular weight excluding hydrogens is 1840 g/mol. The van der Waals surface area contributed by atoms with Gasteiger partial charge >= 0.3 is 0 Å². The van der Waals surface area contributed by atoms with E-state index in [9.17, 15) is 28.4 Å². The minimum absolute atomic E-state index is 0.00359. The molecule has 5 atom stereocenters. The summed E-state index contributed by atoms with van der Waals surface area (Å²) < 4.78 is 41.5. The molecule has 0 radical (unpaired) electrons. The third kappa shape index (κ3) is 21.4. The predicted octanol–water partition coefficient (Wildman–Crippen LogP) is 25.4. The predicted molar refractivity (Wildman–Crippen MR) is 538 cm³/mol. The Hall–Kier alpha value is -14.9. The van der Waals surface area contributed by atoms with Gasteiger partial charge in [-0.25, -0.2) is 9.24 Å². The summed E-state index contributed by atoms with van der Waals surface area (Å²) in [5, 5.41) is 29.1. The van der Waals surface area contributed by atoms with Crippen LogP contribution in [0.25, 0.3) is 60.5 Å². The molecular formula is C110H95Cl4FN14O10. The monoisotopic (exact) mass is 1930 g/mol. The molecule has 0 unspecified atom stereocenters. The average molecular weight is 1930 g/mol. The van der Waals surface area contributed by atoms with Crippen LogP contribution < -0.4 is 10.6 Å². The third-order valence-corrected chi connectivity index (χ3v) is 24.9. The summed E-state index contributed by atoms with van der Waals surface area (Å²) in [6.07, 6.45) is 3.12. The van der Waals surface area contributed by atoms with Gasteiger partial charge in [-0.15, -0.1) is 0 Å². The SMILES string of the molecule is CC(=O)C[C@@H]1N=C(c2ccc(Cl)cc2)c2cc(C)ccc2-c2c(C)noc21.CC(=O)C[C@@H]1N=C(c2ccc(F)cn2)c2ccccc2-c2c(C)noc21.CCCNC(=O)C[C@@H]1N=C(c2ccc(Cl)cc2)c2ccccc2-c2c(C)noc21.CCNC(=O)C[C@@H]1N=C(c2ccc(Cl)cc2)c2cc(C)ccc2-c2c(C)noc21.[C-]#[N+]c1ccc(C2=N[C@@H](CC(C)=O)c3onc(C)c3-c3ccc(Cl)cc32)cc1. The van der Waals surface area contributed by atoms with Gasteiger partial charge in [0.05, 0.1) is 116 Å². The molecule has 0 bridgehead atoms. The summed E-state index contributed by atoms with van der Waals surface area (Å²) in [6, 6.07) is 64.6. The first-order valence-corrected chi connectivity index (χ1v) is 46.8. The van der Waals surface area contributed by atoms with Gasteiger partial charge < -0.3 is 33.2 Å². The Morgan fingerprint density at radius 2 is 0.655 bits per heavy atom. The first-order valence-electron chi connectivity index (χ1n) is 45.3. The summed E-state index contributed by atoms with van der Waals surface area (Å²) >= 11 is 24.6. The van der Waals surface area contributed by atoms with E-state index in [1.807, 2.05) is 200 Å². The number of carbonyl (C=O) groups excluding carboxylic acids is 5. The number of aromatic nitrogens is 6. The van der Waals surface area contributed by atoms with Crippen molar-refractivity contribution in [2.24, 2.45) is 25.0 Å². The van der Waals surface area contributed by atoms with Crippen LogP contribution in [0.3, 0.4) is 0 Å². The number of aryl methyl sites for hydroxylation is 7. The number of nitrogens with zero attached hydrogens (tertiary/aromatic N) is 12. The van der Waals surface area contributed by atoms with E-state index in [1.165, 1.54) is 19.9 Å². The largest absolute Gasteiger partial charge is 0.358 e. The first kappa shape index (κ1) is 97.2. The van der Waals surface area contributed by atoms with Crippen LogP contribution in [0.5, 0.6) is 0 Å². The fourth-order valence-electron chi connectivity index (χ4n) is 17.6. The molecule has 700 valence electrons. The van der Waals surface area contributed by atoms with Crippen molar-refractivity contribution in [1.29, 1.82) is 0 Å². The van der Waals surface area contributed by atoms with E-state index in [1.54, 1.807) is 25.1 Å². The summed E-state index contributed by atoms with van der Waals surface area (Å²) in [7, 11) is 0. The van der Waals surface area contributed by atoms with Gasteiger partial charge in [-0.2, -0.15) is 0 Å². The molecule has 0 spiro atoms. The first-order chi connectivity index (χ1) is 67.0. The Morgan fingerprint density at radius 3 is 0.993 bits per heavy atom. The number of benzene rings is 9. The van der Waals surface area contributed by atoms with Gasteiger partial charge in [0.15, 0.2) is 34.5 Å². The minimum atomic E-state index is -0.502. The van der Waals surface area contributed by atoms with Crippen LogP contribution in [0.2, 0.25) is 20.1 Å². The zero-order valence-electron chi connectivity index (χ0n) is 78.2. The lowest BCUT2D eigenvalue weighted by molar-refractivity contribution is -0.122. The lowest BCUT2D eigenvalue weighted by Gasteiger charge is -2.13. The molecule has 0 fully saturated rings. The fraction of sp³-hybridized carbons (Fsp3) is 0.227. The number of pyridine rings is 1. The highest BCUT2D eigenvalue weighted by Gasteiger charge is 2.38. The molecule has 2 N–H and O–H groups in total. The van der Waals surface area contributed by atoms with Gasteiger partial charge in [0.1, 0.15) is 53.4 Å². The molecule has 20 rings (SSSR count). The smallest absolute Gasteiger partial charge is 0.222 e. The summed E-state index contributed by atoms with van der Waals surface area (Å²) in [5.74, 6) is 2.60. The number of halogens is 5. The molecule has 5 aliphatic rings. The zero-order valence-corrected chi connectivity index (χ0v) is 81.2. The number of carbonyl (C=O) groups is 5. The van der Waals surface area contributed by atoms with Gasteiger partial charge in [0.25, 0.3) is 0 Å². The highest BCUT2D eigenvalue weighted by molar-refractivity contribution is 6.33. The van der Waals surface area contributed by atoms with Crippen molar-refractivity contribution in [3.8, 4) is 55.6 Å². The van der Waals surface area contributed by atoms with Gasteiger partial charge in [0, 0.05) is 97.0 Å². The van der Waals surface area contributed by atoms with Gasteiger partial charge in [0.2, 0.25) is 11.8 Å². The lowest BCUT2D eigenvalue weighted by Crippen LogP contribution is -2.25. The molecule has 24 nitrogen and oxygen atoms in total. The maximum Gasteiger partial charge on any atom is 0.222 e. The van der Waals surface area contributed by atoms with Crippen LogP contribution >= 0.6 is 46.4 Å². The van der Waals surface area contributed by atoms with Crippen molar-refractivity contribution < 1.29 is 51.0 Å². The number of hydrogen-bond donors (Lipinski definition) is 2. The average Bonchev–Trinajstić information content (AvgIpc) is 1.65. The Bertz CT molecular complexity index is 7450. The zero-order chi connectivity index (χ0) is 98.1. The third-order valence-electron chi connectivity index (χ3n) is 23.9.